The maximum atomic E-state index is 14.5. The van der Waals surface area contributed by atoms with E-state index >= 15 is 0 Å². The number of halogens is 1. The SMILES string of the molecule is Cc1cc(NC(=O)C(C)(C)C)sc1C(=O)Nc1ccc(N2CCOCC2)c(F)c1. The van der Waals surface area contributed by atoms with Crippen LogP contribution < -0.4 is 15.5 Å². The van der Waals surface area contributed by atoms with E-state index in [0.29, 0.717) is 47.6 Å². The molecule has 1 saturated heterocycles. The minimum Gasteiger partial charge on any atom is -0.378 e. The summed E-state index contributed by atoms with van der Waals surface area (Å²) >= 11 is 1.20. The fraction of sp³-hybridized carbons (Fsp3) is 0.429. The van der Waals surface area contributed by atoms with Crippen LogP contribution in [0, 0.1) is 18.2 Å². The molecule has 8 heteroatoms. The Labute approximate surface area is 174 Å². The van der Waals surface area contributed by atoms with E-state index in [1.165, 1.54) is 17.4 Å². The highest BCUT2D eigenvalue weighted by Gasteiger charge is 2.23. The Morgan fingerprint density at radius 3 is 2.45 bits per heavy atom. The quantitative estimate of drug-likeness (QED) is 0.777. The Bertz CT molecular complexity index is 914. The van der Waals surface area contributed by atoms with Gasteiger partial charge in [-0.05, 0) is 36.8 Å². The third-order valence-electron chi connectivity index (χ3n) is 4.60. The van der Waals surface area contributed by atoms with Crippen LogP contribution in [0.4, 0.5) is 20.8 Å². The molecule has 0 bridgehead atoms. The van der Waals surface area contributed by atoms with Crippen LogP contribution in [0.5, 0.6) is 0 Å². The Morgan fingerprint density at radius 2 is 1.83 bits per heavy atom. The number of hydrogen-bond acceptors (Lipinski definition) is 5. The van der Waals surface area contributed by atoms with E-state index in [2.05, 4.69) is 10.6 Å². The lowest BCUT2D eigenvalue weighted by molar-refractivity contribution is -0.123. The van der Waals surface area contributed by atoms with Gasteiger partial charge in [0.2, 0.25) is 5.91 Å². The number of carbonyl (C=O) groups is 2. The van der Waals surface area contributed by atoms with Gasteiger partial charge in [-0.2, -0.15) is 0 Å². The zero-order valence-corrected chi connectivity index (χ0v) is 17.9. The number of carbonyl (C=O) groups excluding carboxylic acids is 2. The summed E-state index contributed by atoms with van der Waals surface area (Å²) in [5.74, 6) is -0.834. The number of nitrogens with one attached hydrogen (secondary N) is 2. The van der Waals surface area contributed by atoms with E-state index in [4.69, 9.17) is 4.74 Å². The highest BCUT2D eigenvalue weighted by atomic mass is 32.1. The van der Waals surface area contributed by atoms with Crippen LogP contribution in [-0.2, 0) is 9.53 Å². The molecule has 0 saturated carbocycles. The van der Waals surface area contributed by atoms with E-state index < -0.39 is 5.41 Å². The fourth-order valence-electron chi connectivity index (χ4n) is 2.90. The molecule has 2 N–H and O–H groups in total. The third-order valence-corrected chi connectivity index (χ3v) is 5.75. The van der Waals surface area contributed by atoms with E-state index in [1.54, 1.807) is 25.1 Å². The van der Waals surface area contributed by atoms with Gasteiger partial charge in [-0.3, -0.25) is 9.59 Å². The summed E-state index contributed by atoms with van der Waals surface area (Å²) < 4.78 is 19.8. The summed E-state index contributed by atoms with van der Waals surface area (Å²) in [5, 5.41) is 6.19. The average molecular weight is 420 g/mol. The van der Waals surface area contributed by atoms with E-state index in [1.807, 2.05) is 25.7 Å². The van der Waals surface area contributed by atoms with E-state index in [0.717, 1.165) is 5.56 Å². The summed E-state index contributed by atoms with van der Waals surface area (Å²) in [6.07, 6.45) is 0. The van der Waals surface area contributed by atoms with Gasteiger partial charge >= 0.3 is 0 Å². The van der Waals surface area contributed by atoms with Crippen molar-refractivity contribution in [3.05, 3.63) is 40.5 Å². The van der Waals surface area contributed by atoms with Gasteiger partial charge in [0.15, 0.2) is 0 Å². The highest BCUT2D eigenvalue weighted by Crippen LogP contribution is 2.30. The second kappa shape index (κ2) is 8.51. The predicted molar refractivity (Wildman–Crippen MR) is 115 cm³/mol. The number of thiophene rings is 1. The number of aryl methyl sites for hydroxylation is 1. The summed E-state index contributed by atoms with van der Waals surface area (Å²) in [5.41, 5.74) is 1.12. The molecule has 1 aromatic heterocycles. The number of anilines is 3. The van der Waals surface area contributed by atoms with Crippen LogP contribution in [0.3, 0.4) is 0 Å². The Morgan fingerprint density at radius 1 is 1.14 bits per heavy atom. The monoisotopic (exact) mass is 419 g/mol. The summed E-state index contributed by atoms with van der Waals surface area (Å²) in [6, 6.07) is 6.46. The molecule has 2 aromatic rings. The van der Waals surface area contributed by atoms with Gasteiger partial charge in [0.05, 0.1) is 28.8 Å². The maximum Gasteiger partial charge on any atom is 0.266 e. The first-order chi connectivity index (χ1) is 13.6. The standard InChI is InChI=1S/C21H26FN3O3S/c1-13-11-17(24-20(27)21(2,3)4)29-18(13)19(26)23-14-5-6-16(15(22)12-14)25-7-9-28-10-8-25/h5-6,11-12H,7-10H2,1-4H3,(H,23,26)(H,24,27). The molecular formula is C21H26FN3O3S. The lowest BCUT2D eigenvalue weighted by atomic mass is 9.96. The van der Waals surface area contributed by atoms with E-state index in [-0.39, 0.29) is 17.6 Å². The van der Waals surface area contributed by atoms with Gasteiger partial charge in [0.1, 0.15) is 5.82 Å². The Hall–Kier alpha value is -2.45. The molecule has 156 valence electrons. The van der Waals surface area contributed by atoms with Crippen LogP contribution >= 0.6 is 11.3 Å². The molecule has 3 rings (SSSR count). The first-order valence-corrected chi connectivity index (χ1v) is 10.3. The minimum absolute atomic E-state index is 0.119. The van der Waals surface area contributed by atoms with Crippen molar-refractivity contribution >= 4 is 39.5 Å². The zero-order chi connectivity index (χ0) is 21.2. The van der Waals surface area contributed by atoms with Crippen LogP contribution in [0.15, 0.2) is 24.3 Å². The first kappa shape index (κ1) is 21.3. The molecule has 0 unspecified atom stereocenters. The number of hydrogen-bond donors (Lipinski definition) is 2. The van der Waals surface area contributed by atoms with Gasteiger partial charge in [-0.25, -0.2) is 4.39 Å². The molecule has 1 aliphatic rings. The maximum absolute atomic E-state index is 14.5. The number of morpholine rings is 1. The third kappa shape index (κ3) is 5.13. The normalized spacial score (nSPS) is 14.6. The van der Waals surface area contributed by atoms with Gasteiger partial charge < -0.3 is 20.3 Å². The van der Waals surface area contributed by atoms with E-state index in [9.17, 15) is 14.0 Å². The molecule has 1 fully saturated rings. The van der Waals surface area contributed by atoms with Crippen molar-refractivity contribution < 1.29 is 18.7 Å². The second-order valence-corrected chi connectivity index (χ2v) is 9.10. The molecule has 0 radical (unpaired) electrons. The summed E-state index contributed by atoms with van der Waals surface area (Å²) in [6.45, 7) is 9.70. The number of benzene rings is 1. The largest absolute Gasteiger partial charge is 0.378 e. The Balaban J connectivity index is 1.70. The fourth-order valence-corrected chi connectivity index (χ4v) is 3.86. The number of nitrogens with zero attached hydrogens (tertiary/aromatic N) is 1. The number of amides is 2. The van der Waals surface area contributed by atoms with Gasteiger partial charge in [0, 0.05) is 24.2 Å². The van der Waals surface area contributed by atoms with Gasteiger partial charge in [0.25, 0.3) is 5.91 Å². The molecule has 6 nitrogen and oxygen atoms in total. The van der Waals surface area contributed by atoms with Crippen molar-refractivity contribution in [1.29, 1.82) is 0 Å². The molecule has 2 amide bonds. The lowest BCUT2D eigenvalue weighted by Gasteiger charge is -2.29. The van der Waals surface area contributed by atoms with Gasteiger partial charge in [-0.1, -0.05) is 20.8 Å². The molecule has 2 heterocycles. The Kier molecular flexibility index (Phi) is 6.24. The van der Waals surface area contributed by atoms with Crippen LogP contribution in [0.25, 0.3) is 0 Å². The van der Waals surface area contributed by atoms with Crippen molar-refractivity contribution in [3.63, 3.8) is 0 Å². The second-order valence-electron chi connectivity index (χ2n) is 8.05. The van der Waals surface area contributed by atoms with Crippen LogP contribution in [0.1, 0.15) is 36.0 Å². The van der Waals surface area contributed by atoms with Crippen molar-refractivity contribution in [2.75, 3.05) is 41.8 Å². The molecule has 29 heavy (non-hydrogen) atoms. The van der Waals surface area contributed by atoms with Crippen LogP contribution in [0.2, 0.25) is 0 Å². The first-order valence-electron chi connectivity index (χ1n) is 9.50. The molecule has 1 aliphatic heterocycles. The molecule has 0 atom stereocenters. The highest BCUT2D eigenvalue weighted by molar-refractivity contribution is 7.18. The zero-order valence-electron chi connectivity index (χ0n) is 17.1. The van der Waals surface area contributed by atoms with Crippen molar-refractivity contribution in [2.24, 2.45) is 5.41 Å². The van der Waals surface area contributed by atoms with Crippen molar-refractivity contribution in [1.82, 2.24) is 0 Å². The molecular weight excluding hydrogens is 393 g/mol. The minimum atomic E-state index is -0.528. The van der Waals surface area contributed by atoms with Crippen molar-refractivity contribution in [3.8, 4) is 0 Å². The topological polar surface area (TPSA) is 70.7 Å². The summed E-state index contributed by atoms with van der Waals surface area (Å²) in [4.78, 5) is 27.2. The summed E-state index contributed by atoms with van der Waals surface area (Å²) in [7, 11) is 0. The van der Waals surface area contributed by atoms with Gasteiger partial charge in [-0.15, -0.1) is 11.3 Å². The molecule has 1 aromatic carbocycles. The number of ether oxygens (including phenoxy) is 1. The molecule has 0 aliphatic carbocycles. The van der Waals surface area contributed by atoms with Crippen LogP contribution in [-0.4, -0.2) is 38.1 Å². The average Bonchev–Trinajstić information content (AvgIpc) is 3.02. The molecule has 0 spiro atoms. The lowest BCUT2D eigenvalue weighted by Crippen LogP contribution is -2.36. The smallest absolute Gasteiger partial charge is 0.266 e. The number of rotatable bonds is 4. The van der Waals surface area contributed by atoms with Crippen molar-refractivity contribution in [2.45, 2.75) is 27.7 Å². The predicted octanol–water partition coefficient (Wildman–Crippen LogP) is 4.27.